The van der Waals surface area contributed by atoms with Gasteiger partial charge in [0.2, 0.25) is 0 Å². The topological polar surface area (TPSA) is 57.5 Å². The molecule has 2 N–H and O–H groups in total. The van der Waals surface area contributed by atoms with E-state index in [0.717, 1.165) is 12.8 Å². The summed E-state index contributed by atoms with van der Waals surface area (Å²) in [6.45, 7) is 3.72. The smallest absolute Gasteiger partial charge is 0.309 e. The minimum absolute atomic E-state index is 0.277. The van der Waals surface area contributed by atoms with E-state index in [1.807, 2.05) is 6.92 Å². The van der Waals surface area contributed by atoms with E-state index in [9.17, 15) is 19.4 Å². The van der Waals surface area contributed by atoms with Crippen LogP contribution in [-0.2, 0) is 10.4 Å². The molecular formula is C15H21FO3. The molecule has 3 nitrogen and oxygen atoms in total. The van der Waals surface area contributed by atoms with Crippen LogP contribution >= 0.6 is 0 Å². The van der Waals surface area contributed by atoms with Crippen molar-refractivity contribution in [2.75, 3.05) is 0 Å². The van der Waals surface area contributed by atoms with E-state index in [4.69, 9.17) is 0 Å². The van der Waals surface area contributed by atoms with Gasteiger partial charge in [0.1, 0.15) is 11.4 Å². The summed E-state index contributed by atoms with van der Waals surface area (Å²) in [6, 6.07) is 5.41. The van der Waals surface area contributed by atoms with Gasteiger partial charge in [-0.25, -0.2) is 4.39 Å². The van der Waals surface area contributed by atoms with Crippen LogP contribution in [0.5, 0.6) is 0 Å². The van der Waals surface area contributed by atoms with Gasteiger partial charge in [0.05, 0.1) is 5.92 Å². The Balaban J connectivity index is 3.11. The van der Waals surface area contributed by atoms with Crippen LogP contribution in [0.4, 0.5) is 4.39 Å². The predicted octanol–water partition coefficient (Wildman–Crippen LogP) is 3.31. The van der Waals surface area contributed by atoms with Crippen molar-refractivity contribution < 1.29 is 19.4 Å². The number of halogens is 1. The average molecular weight is 268 g/mol. The molecule has 0 aliphatic rings. The van der Waals surface area contributed by atoms with Crippen LogP contribution in [0.15, 0.2) is 24.3 Å². The molecule has 0 radical (unpaired) electrons. The molecule has 0 fully saturated rings. The van der Waals surface area contributed by atoms with Crippen molar-refractivity contribution in [3.05, 3.63) is 35.6 Å². The van der Waals surface area contributed by atoms with Crippen LogP contribution in [0.25, 0.3) is 0 Å². The van der Waals surface area contributed by atoms with E-state index in [0.29, 0.717) is 12.0 Å². The summed E-state index contributed by atoms with van der Waals surface area (Å²) in [5.41, 5.74) is -0.991. The zero-order valence-corrected chi connectivity index (χ0v) is 11.4. The lowest BCUT2D eigenvalue weighted by Crippen LogP contribution is -2.39. The fourth-order valence-electron chi connectivity index (χ4n) is 2.36. The average Bonchev–Trinajstić information content (AvgIpc) is 2.39. The number of hydrogen-bond donors (Lipinski definition) is 2. The summed E-state index contributed by atoms with van der Waals surface area (Å²) < 4.78 is 12.9. The van der Waals surface area contributed by atoms with Gasteiger partial charge >= 0.3 is 5.97 Å². The number of carboxylic acid groups (broad SMARTS) is 1. The molecule has 106 valence electrons. The van der Waals surface area contributed by atoms with Gasteiger partial charge in [0.15, 0.2) is 0 Å². The Morgan fingerprint density at radius 1 is 1.32 bits per heavy atom. The van der Waals surface area contributed by atoms with E-state index in [1.54, 1.807) is 6.92 Å². The number of carboxylic acids is 1. The highest BCUT2D eigenvalue weighted by Gasteiger charge is 2.41. The van der Waals surface area contributed by atoms with Crippen molar-refractivity contribution in [2.24, 2.45) is 5.92 Å². The Morgan fingerprint density at radius 3 is 2.32 bits per heavy atom. The number of carbonyl (C=O) groups is 1. The van der Waals surface area contributed by atoms with Gasteiger partial charge in [0, 0.05) is 0 Å². The molecule has 1 rings (SSSR count). The number of benzene rings is 1. The van der Waals surface area contributed by atoms with Gasteiger partial charge in [-0.15, -0.1) is 0 Å². The van der Waals surface area contributed by atoms with Gasteiger partial charge in [-0.05, 0) is 30.5 Å². The summed E-state index contributed by atoms with van der Waals surface area (Å²) in [6.07, 6.45) is 2.29. The van der Waals surface area contributed by atoms with E-state index in [2.05, 4.69) is 0 Å². The maximum atomic E-state index is 12.9. The van der Waals surface area contributed by atoms with Crippen molar-refractivity contribution in [3.8, 4) is 0 Å². The second-order valence-corrected chi connectivity index (χ2v) is 4.82. The molecule has 0 saturated heterocycles. The second-order valence-electron chi connectivity index (χ2n) is 4.82. The Bertz CT molecular complexity index is 416. The SMILES string of the molecule is CCCCC(C(=O)O)C(O)(CC)c1ccc(F)cc1. The first-order chi connectivity index (χ1) is 8.95. The van der Waals surface area contributed by atoms with Gasteiger partial charge in [-0.3, -0.25) is 4.79 Å². The number of unbranched alkanes of at least 4 members (excludes halogenated alkanes) is 1. The summed E-state index contributed by atoms with van der Waals surface area (Å²) >= 11 is 0. The van der Waals surface area contributed by atoms with Crippen LogP contribution in [0.2, 0.25) is 0 Å². The molecule has 0 amide bonds. The molecule has 19 heavy (non-hydrogen) atoms. The third-order valence-electron chi connectivity index (χ3n) is 3.60. The van der Waals surface area contributed by atoms with Crippen LogP contribution in [-0.4, -0.2) is 16.2 Å². The van der Waals surface area contributed by atoms with Gasteiger partial charge in [-0.2, -0.15) is 0 Å². The van der Waals surface area contributed by atoms with Crippen molar-refractivity contribution in [1.29, 1.82) is 0 Å². The molecular weight excluding hydrogens is 247 g/mol. The summed E-state index contributed by atoms with van der Waals surface area (Å²) in [4.78, 5) is 11.4. The second kappa shape index (κ2) is 6.66. The highest BCUT2D eigenvalue weighted by atomic mass is 19.1. The number of rotatable bonds is 7. The minimum Gasteiger partial charge on any atom is -0.481 e. The Hall–Kier alpha value is -1.42. The number of hydrogen-bond acceptors (Lipinski definition) is 2. The zero-order valence-electron chi connectivity index (χ0n) is 11.4. The van der Waals surface area contributed by atoms with Gasteiger partial charge < -0.3 is 10.2 Å². The maximum Gasteiger partial charge on any atom is 0.309 e. The normalized spacial score (nSPS) is 15.8. The molecule has 0 saturated carbocycles. The lowest BCUT2D eigenvalue weighted by Gasteiger charge is -2.33. The van der Waals surface area contributed by atoms with Crippen LogP contribution in [0, 0.1) is 11.7 Å². The summed E-state index contributed by atoms with van der Waals surface area (Å²) in [5, 5.41) is 20.1. The van der Waals surface area contributed by atoms with Crippen LogP contribution in [0.1, 0.15) is 45.1 Å². The fourth-order valence-corrected chi connectivity index (χ4v) is 2.36. The molecule has 0 aliphatic heterocycles. The van der Waals surface area contributed by atoms with E-state index < -0.39 is 23.3 Å². The molecule has 0 aromatic heterocycles. The maximum absolute atomic E-state index is 12.9. The third kappa shape index (κ3) is 3.53. The molecule has 1 aromatic rings. The molecule has 1 aromatic carbocycles. The monoisotopic (exact) mass is 268 g/mol. The zero-order chi connectivity index (χ0) is 14.5. The fraction of sp³-hybridized carbons (Fsp3) is 0.533. The Labute approximate surface area is 113 Å². The first kappa shape index (κ1) is 15.6. The number of aliphatic carboxylic acids is 1. The molecule has 2 atom stereocenters. The first-order valence-electron chi connectivity index (χ1n) is 6.67. The number of aliphatic hydroxyl groups is 1. The quantitative estimate of drug-likeness (QED) is 0.797. The molecule has 4 heteroatoms. The van der Waals surface area contributed by atoms with Gasteiger partial charge in [-0.1, -0.05) is 38.8 Å². The third-order valence-corrected chi connectivity index (χ3v) is 3.60. The highest BCUT2D eigenvalue weighted by molar-refractivity contribution is 5.72. The molecule has 0 spiro atoms. The van der Waals surface area contributed by atoms with Crippen molar-refractivity contribution in [2.45, 2.75) is 45.1 Å². The lowest BCUT2D eigenvalue weighted by molar-refractivity contribution is -0.154. The van der Waals surface area contributed by atoms with E-state index >= 15 is 0 Å². The molecule has 0 heterocycles. The molecule has 0 aliphatic carbocycles. The van der Waals surface area contributed by atoms with E-state index in [-0.39, 0.29) is 6.42 Å². The lowest BCUT2D eigenvalue weighted by atomic mass is 9.77. The summed E-state index contributed by atoms with van der Waals surface area (Å²) in [7, 11) is 0. The van der Waals surface area contributed by atoms with Crippen molar-refractivity contribution in [1.82, 2.24) is 0 Å². The Morgan fingerprint density at radius 2 is 1.89 bits per heavy atom. The molecule has 0 bridgehead atoms. The Kier molecular flexibility index (Phi) is 5.48. The van der Waals surface area contributed by atoms with Crippen molar-refractivity contribution >= 4 is 5.97 Å². The highest BCUT2D eigenvalue weighted by Crippen LogP contribution is 2.36. The molecule has 2 unspecified atom stereocenters. The predicted molar refractivity (Wildman–Crippen MR) is 71.2 cm³/mol. The first-order valence-corrected chi connectivity index (χ1v) is 6.67. The van der Waals surface area contributed by atoms with Crippen molar-refractivity contribution in [3.63, 3.8) is 0 Å². The standard InChI is InChI=1S/C15H21FO3/c1-3-5-6-13(14(17)18)15(19,4-2)11-7-9-12(16)10-8-11/h7-10,13,19H,3-6H2,1-2H3,(H,17,18). The van der Waals surface area contributed by atoms with E-state index in [1.165, 1.54) is 24.3 Å². The van der Waals surface area contributed by atoms with Gasteiger partial charge in [0.25, 0.3) is 0 Å². The van der Waals surface area contributed by atoms with Crippen LogP contribution in [0.3, 0.4) is 0 Å². The van der Waals surface area contributed by atoms with Crippen LogP contribution < -0.4 is 0 Å². The summed E-state index contributed by atoms with van der Waals surface area (Å²) in [5.74, 6) is -2.28. The largest absolute Gasteiger partial charge is 0.481 e. The minimum atomic E-state index is -1.45.